The fourth-order valence-electron chi connectivity index (χ4n) is 1.14. The highest BCUT2D eigenvalue weighted by Crippen LogP contribution is 2.18. The molecule has 2 heterocycles. The Balaban J connectivity index is 2.20. The monoisotopic (exact) mass is 205 g/mol. The lowest BCUT2D eigenvalue weighted by atomic mass is 10.4. The summed E-state index contributed by atoms with van der Waals surface area (Å²) in [4.78, 5) is 5.40. The van der Waals surface area contributed by atoms with E-state index in [4.69, 9.17) is 5.26 Å². The van der Waals surface area contributed by atoms with Crippen molar-refractivity contribution in [2.45, 2.75) is 6.54 Å². The highest BCUT2D eigenvalue weighted by Gasteiger charge is 2.03. The van der Waals surface area contributed by atoms with Gasteiger partial charge in [-0.1, -0.05) is 0 Å². The number of aromatic nitrogens is 2. The maximum absolute atomic E-state index is 9.27. The molecule has 4 nitrogen and oxygen atoms in total. The summed E-state index contributed by atoms with van der Waals surface area (Å²) in [6.45, 7) is 0.554. The number of imidazole rings is 1. The maximum Gasteiger partial charge on any atom is 0.294 e. The average molecular weight is 205 g/mol. The molecule has 1 N–H and O–H groups in total. The Kier molecular flexibility index (Phi) is 2.21. The molecule has 0 saturated carbocycles. The fourth-order valence-corrected chi connectivity index (χ4v) is 1.94. The molecule has 5 heteroatoms. The van der Waals surface area contributed by atoms with E-state index in [-0.39, 0.29) is 6.01 Å². The van der Waals surface area contributed by atoms with Gasteiger partial charge in [-0.3, -0.25) is 4.57 Å². The minimum atomic E-state index is -0.00286. The lowest BCUT2D eigenvalue weighted by Gasteiger charge is -1.99. The predicted octanol–water partition coefficient (Wildman–Crippen LogP) is 1.57. The van der Waals surface area contributed by atoms with Gasteiger partial charge in [0.2, 0.25) is 0 Å². The molecule has 70 valence electrons. The molecule has 2 rings (SSSR count). The molecule has 0 bridgehead atoms. The van der Waals surface area contributed by atoms with Gasteiger partial charge in [-0.15, -0.1) is 11.3 Å². The molecule has 14 heavy (non-hydrogen) atoms. The summed E-state index contributed by atoms with van der Waals surface area (Å²) in [6.07, 6.45) is 3.23. The minimum absolute atomic E-state index is 0.00286. The summed E-state index contributed by atoms with van der Waals surface area (Å²) in [5.41, 5.74) is 0. The topological polar surface area (TPSA) is 61.8 Å². The summed E-state index contributed by atoms with van der Waals surface area (Å²) in [7, 11) is 0. The van der Waals surface area contributed by atoms with Crippen LogP contribution in [-0.4, -0.2) is 14.7 Å². The van der Waals surface area contributed by atoms with Crippen LogP contribution in [0.2, 0.25) is 0 Å². The molecule has 0 radical (unpaired) electrons. The molecule has 0 fully saturated rings. The normalized spacial score (nSPS) is 9.93. The Morgan fingerprint density at radius 1 is 1.57 bits per heavy atom. The average Bonchev–Trinajstić information content (AvgIpc) is 2.77. The van der Waals surface area contributed by atoms with Crippen LogP contribution >= 0.6 is 11.3 Å². The molecular formula is C9H7N3OS. The summed E-state index contributed by atoms with van der Waals surface area (Å²) >= 11 is 1.42. The van der Waals surface area contributed by atoms with Crippen molar-refractivity contribution in [2.24, 2.45) is 0 Å². The Morgan fingerprint density at radius 3 is 3.00 bits per heavy atom. The Hall–Kier alpha value is -1.80. The zero-order valence-corrected chi connectivity index (χ0v) is 8.03. The second kappa shape index (κ2) is 3.52. The van der Waals surface area contributed by atoms with Crippen LogP contribution in [0.5, 0.6) is 6.01 Å². The number of rotatable bonds is 2. The first-order valence-electron chi connectivity index (χ1n) is 3.98. The molecule has 0 atom stereocenters. The third-order valence-electron chi connectivity index (χ3n) is 1.79. The maximum atomic E-state index is 9.27. The van der Waals surface area contributed by atoms with Crippen molar-refractivity contribution in [1.82, 2.24) is 9.55 Å². The first-order valence-corrected chi connectivity index (χ1v) is 4.80. The van der Waals surface area contributed by atoms with Crippen LogP contribution < -0.4 is 0 Å². The predicted molar refractivity (Wildman–Crippen MR) is 52.0 cm³/mol. The van der Waals surface area contributed by atoms with Crippen LogP contribution in [0.4, 0.5) is 0 Å². The molecule has 0 aromatic carbocycles. The van der Waals surface area contributed by atoms with Crippen LogP contribution in [0.3, 0.4) is 0 Å². The second-order valence-electron chi connectivity index (χ2n) is 2.73. The molecule has 0 amide bonds. The van der Waals surface area contributed by atoms with Crippen molar-refractivity contribution >= 4 is 11.3 Å². The van der Waals surface area contributed by atoms with Gasteiger partial charge in [0.1, 0.15) is 10.9 Å². The highest BCUT2D eigenvalue weighted by molar-refractivity contribution is 7.12. The summed E-state index contributed by atoms with van der Waals surface area (Å²) in [5, 5.41) is 17.9. The first kappa shape index (κ1) is 8.78. The van der Waals surface area contributed by atoms with Crippen LogP contribution in [0, 0.1) is 11.3 Å². The van der Waals surface area contributed by atoms with Crippen LogP contribution in [0.25, 0.3) is 0 Å². The van der Waals surface area contributed by atoms with Crippen LogP contribution in [-0.2, 0) is 6.54 Å². The van der Waals surface area contributed by atoms with Crippen molar-refractivity contribution in [1.29, 1.82) is 5.26 Å². The molecule has 0 aliphatic carbocycles. The number of aromatic hydroxyl groups is 1. The van der Waals surface area contributed by atoms with E-state index in [1.807, 2.05) is 6.07 Å². The van der Waals surface area contributed by atoms with Crippen molar-refractivity contribution in [2.75, 3.05) is 0 Å². The van der Waals surface area contributed by atoms with Crippen LogP contribution in [0.1, 0.15) is 9.75 Å². The van der Waals surface area contributed by atoms with E-state index in [9.17, 15) is 5.11 Å². The Morgan fingerprint density at radius 2 is 2.43 bits per heavy atom. The zero-order valence-electron chi connectivity index (χ0n) is 7.21. The lowest BCUT2D eigenvalue weighted by Crippen LogP contribution is -1.94. The van der Waals surface area contributed by atoms with Gasteiger partial charge in [0.25, 0.3) is 6.01 Å². The van der Waals surface area contributed by atoms with E-state index in [1.54, 1.807) is 16.8 Å². The summed E-state index contributed by atoms with van der Waals surface area (Å²) in [5.74, 6) is 0. The molecule has 0 aliphatic rings. The number of hydrogen-bond donors (Lipinski definition) is 1. The Labute approximate surface area is 84.7 Å². The molecule has 0 saturated heterocycles. The third-order valence-corrected chi connectivity index (χ3v) is 2.77. The lowest BCUT2D eigenvalue weighted by molar-refractivity contribution is 0.406. The number of nitriles is 1. The van der Waals surface area contributed by atoms with E-state index in [1.165, 1.54) is 17.5 Å². The molecular weight excluding hydrogens is 198 g/mol. The van der Waals surface area contributed by atoms with Gasteiger partial charge in [-0.05, 0) is 12.1 Å². The number of hydrogen-bond acceptors (Lipinski definition) is 4. The largest absolute Gasteiger partial charge is 0.480 e. The van der Waals surface area contributed by atoms with E-state index >= 15 is 0 Å². The molecule has 0 unspecified atom stereocenters. The van der Waals surface area contributed by atoms with Crippen molar-refractivity contribution in [3.8, 4) is 12.1 Å². The third kappa shape index (κ3) is 1.60. The van der Waals surface area contributed by atoms with Gasteiger partial charge in [-0.2, -0.15) is 5.26 Å². The van der Waals surface area contributed by atoms with Gasteiger partial charge >= 0.3 is 0 Å². The van der Waals surface area contributed by atoms with E-state index in [0.29, 0.717) is 11.4 Å². The van der Waals surface area contributed by atoms with Crippen molar-refractivity contribution in [3.05, 3.63) is 34.3 Å². The highest BCUT2D eigenvalue weighted by atomic mass is 32.1. The van der Waals surface area contributed by atoms with Crippen LogP contribution in [0.15, 0.2) is 24.5 Å². The quantitative estimate of drug-likeness (QED) is 0.809. The van der Waals surface area contributed by atoms with Gasteiger partial charge in [0.15, 0.2) is 0 Å². The summed E-state index contributed by atoms with van der Waals surface area (Å²) in [6, 6.07) is 5.72. The SMILES string of the molecule is N#Cc1ccc(Cn2ccnc2O)s1. The summed E-state index contributed by atoms with van der Waals surface area (Å²) < 4.78 is 1.62. The van der Waals surface area contributed by atoms with Gasteiger partial charge < -0.3 is 5.11 Å². The van der Waals surface area contributed by atoms with Gasteiger partial charge in [0, 0.05) is 17.3 Å². The van der Waals surface area contributed by atoms with Crippen molar-refractivity contribution in [3.63, 3.8) is 0 Å². The fraction of sp³-hybridized carbons (Fsp3) is 0.111. The van der Waals surface area contributed by atoms with Gasteiger partial charge in [-0.25, -0.2) is 4.98 Å². The smallest absolute Gasteiger partial charge is 0.294 e. The van der Waals surface area contributed by atoms with Gasteiger partial charge in [0.05, 0.1) is 6.54 Å². The number of nitrogens with zero attached hydrogens (tertiary/aromatic N) is 3. The molecule has 0 aliphatic heterocycles. The van der Waals surface area contributed by atoms with Crippen molar-refractivity contribution < 1.29 is 5.11 Å². The van der Waals surface area contributed by atoms with E-state index in [0.717, 1.165) is 4.88 Å². The first-order chi connectivity index (χ1) is 6.79. The van der Waals surface area contributed by atoms with E-state index < -0.39 is 0 Å². The standard InChI is InChI=1S/C9H7N3OS/c10-5-7-1-2-8(14-7)6-12-4-3-11-9(12)13/h1-4H,6H2,(H,11,13). The molecule has 2 aromatic rings. The molecule has 0 spiro atoms. The van der Waals surface area contributed by atoms with E-state index in [2.05, 4.69) is 11.1 Å². The zero-order chi connectivity index (χ0) is 9.97. The Bertz CT molecular complexity index is 480. The second-order valence-corrected chi connectivity index (χ2v) is 3.90. The molecule has 2 aromatic heterocycles. The number of thiophene rings is 1. The minimum Gasteiger partial charge on any atom is -0.480 e.